The molecule has 1 aliphatic heterocycles. The van der Waals surface area contributed by atoms with Gasteiger partial charge < -0.3 is 5.11 Å². The van der Waals surface area contributed by atoms with Crippen LogP contribution in [-0.4, -0.2) is 37.5 Å². The molecule has 20 heavy (non-hydrogen) atoms. The van der Waals surface area contributed by atoms with Crippen molar-refractivity contribution < 1.29 is 17.9 Å². The summed E-state index contributed by atoms with van der Waals surface area (Å²) >= 11 is 5.55. The van der Waals surface area contributed by atoms with Crippen LogP contribution in [0.3, 0.4) is 0 Å². The Morgan fingerprint density at radius 2 is 2.25 bits per heavy atom. The number of nitrogens with one attached hydrogen (secondary N) is 1. The van der Waals surface area contributed by atoms with E-state index in [1.165, 1.54) is 16.4 Å². The van der Waals surface area contributed by atoms with Gasteiger partial charge in [0, 0.05) is 19.7 Å². The van der Waals surface area contributed by atoms with E-state index in [0.717, 1.165) is 12.5 Å². The molecule has 0 amide bonds. The summed E-state index contributed by atoms with van der Waals surface area (Å²) in [5.41, 5.74) is 0.123. The van der Waals surface area contributed by atoms with Gasteiger partial charge in [0.1, 0.15) is 5.82 Å². The Morgan fingerprint density at radius 3 is 2.90 bits per heavy atom. The third kappa shape index (κ3) is 3.60. The Balaban J connectivity index is 2.12. The fourth-order valence-electron chi connectivity index (χ4n) is 2.17. The summed E-state index contributed by atoms with van der Waals surface area (Å²) in [6.07, 6.45) is 1.50. The minimum atomic E-state index is -3.75. The summed E-state index contributed by atoms with van der Waals surface area (Å²) in [5.74, 6) is -0.735. The topological polar surface area (TPSA) is 69.6 Å². The van der Waals surface area contributed by atoms with E-state index in [1.54, 1.807) is 0 Å². The molecule has 0 radical (unpaired) electrons. The molecule has 5 nitrogen and oxygen atoms in total. The Morgan fingerprint density at radius 1 is 1.50 bits per heavy atom. The Hall–Kier alpha value is -0.890. The van der Waals surface area contributed by atoms with E-state index in [-0.39, 0.29) is 29.8 Å². The second kappa shape index (κ2) is 6.26. The molecule has 1 unspecified atom stereocenters. The summed E-state index contributed by atoms with van der Waals surface area (Å²) in [7, 11) is -3.75. The molecular formula is C12H16ClFN2O3S. The zero-order valence-electron chi connectivity index (χ0n) is 10.7. The maximum absolute atomic E-state index is 13.3. The Bertz CT molecular complexity index is 582. The van der Waals surface area contributed by atoms with Crippen molar-refractivity contribution in [2.45, 2.75) is 12.8 Å². The van der Waals surface area contributed by atoms with Crippen molar-refractivity contribution in [3.05, 3.63) is 29.0 Å². The zero-order valence-corrected chi connectivity index (χ0v) is 12.3. The number of anilines is 1. The fourth-order valence-corrected chi connectivity index (χ4v) is 3.62. The molecule has 1 aromatic carbocycles. The van der Waals surface area contributed by atoms with Gasteiger partial charge in [-0.25, -0.2) is 4.39 Å². The van der Waals surface area contributed by atoms with Crippen LogP contribution in [0.2, 0.25) is 5.02 Å². The van der Waals surface area contributed by atoms with Gasteiger partial charge >= 0.3 is 10.2 Å². The largest absolute Gasteiger partial charge is 0.396 e. The van der Waals surface area contributed by atoms with E-state index in [2.05, 4.69) is 4.72 Å². The van der Waals surface area contributed by atoms with Crippen molar-refractivity contribution >= 4 is 27.5 Å². The number of nitrogens with zero attached hydrogens (tertiary/aromatic N) is 1. The van der Waals surface area contributed by atoms with Gasteiger partial charge in [-0.15, -0.1) is 0 Å². The number of benzene rings is 1. The van der Waals surface area contributed by atoms with Crippen LogP contribution in [0.1, 0.15) is 12.8 Å². The molecule has 1 saturated heterocycles. The monoisotopic (exact) mass is 322 g/mol. The van der Waals surface area contributed by atoms with Gasteiger partial charge in [-0.3, -0.25) is 4.72 Å². The summed E-state index contributed by atoms with van der Waals surface area (Å²) in [4.78, 5) is 0. The van der Waals surface area contributed by atoms with E-state index in [9.17, 15) is 12.8 Å². The van der Waals surface area contributed by atoms with Crippen LogP contribution < -0.4 is 4.72 Å². The van der Waals surface area contributed by atoms with E-state index in [4.69, 9.17) is 16.7 Å². The summed E-state index contributed by atoms with van der Waals surface area (Å²) in [6, 6.07) is 3.73. The van der Waals surface area contributed by atoms with Crippen molar-refractivity contribution in [2.75, 3.05) is 24.4 Å². The molecule has 1 fully saturated rings. The molecule has 2 rings (SSSR count). The third-order valence-corrected chi connectivity index (χ3v) is 5.06. The highest BCUT2D eigenvalue weighted by molar-refractivity contribution is 7.90. The predicted octanol–water partition coefficient (Wildman–Crippen LogP) is 1.84. The van der Waals surface area contributed by atoms with E-state index < -0.39 is 16.0 Å². The smallest absolute Gasteiger partial charge is 0.301 e. The molecule has 0 aromatic heterocycles. The normalized spacial score (nSPS) is 20.9. The van der Waals surface area contributed by atoms with Gasteiger partial charge in [-0.1, -0.05) is 11.6 Å². The van der Waals surface area contributed by atoms with Crippen molar-refractivity contribution in [1.82, 2.24) is 4.31 Å². The predicted molar refractivity (Wildman–Crippen MR) is 75.3 cm³/mol. The number of halogens is 2. The van der Waals surface area contributed by atoms with Crippen molar-refractivity contribution in [3.8, 4) is 0 Å². The van der Waals surface area contributed by atoms with Crippen LogP contribution in [0.4, 0.5) is 10.1 Å². The lowest BCUT2D eigenvalue weighted by molar-refractivity contribution is 0.166. The third-order valence-electron chi connectivity index (χ3n) is 3.25. The molecule has 2 N–H and O–H groups in total. The average Bonchev–Trinajstić information content (AvgIpc) is 2.43. The lowest BCUT2D eigenvalue weighted by Crippen LogP contribution is -2.43. The van der Waals surface area contributed by atoms with Gasteiger partial charge in [-0.05, 0) is 37.0 Å². The zero-order chi connectivity index (χ0) is 14.8. The van der Waals surface area contributed by atoms with Gasteiger partial charge in [0.05, 0.1) is 10.7 Å². The molecule has 0 aliphatic carbocycles. The SMILES string of the molecule is O=S(=O)(Nc1ccc(Cl)c(F)c1)N1CCCC(CO)C1. The lowest BCUT2D eigenvalue weighted by Gasteiger charge is -2.31. The number of aliphatic hydroxyl groups is 1. The number of hydrogen-bond acceptors (Lipinski definition) is 3. The first-order valence-corrected chi connectivity index (χ1v) is 8.08. The standard InChI is InChI=1S/C12H16ClFN2O3S/c13-11-4-3-10(6-12(11)14)15-20(18,19)16-5-1-2-9(7-16)8-17/h3-4,6,9,15,17H,1-2,5,7-8H2. The first-order chi connectivity index (χ1) is 9.42. The highest BCUT2D eigenvalue weighted by Gasteiger charge is 2.28. The van der Waals surface area contributed by atoms with E-state index >= 15 is 0 Å². The molecule has 112 valence electrons. The molecule has 0 spiro atoms. The summed E-state index contributed by atoms with van der Waals surface area (Å²) in [6.45, 7) is 0.616. The second-order valence-electron chi connectivity index (χ2n) is 4.78. The number of piperidine rings is 1. The highest BCUT2D eigenvalue weighted by atomic mass is 35.5. The fraction of sp³-hybridized carbons (Fsp3) is 0.500. The number of aliphatic hydroxyl groups excluding tert-OH is 1. The van der Waals surface area contributed by atoms with Crippen molar-refractivity contribution in [1.29, 1.82) is 0 Å². The first kappa shape index (κ1) is 15.5. The molecule has 0 saturated carbocycles. The van der Waals surface area contributed by atoms with Gasteiger partial charge in [0.2, 0.25) is 0 Å². The average molecular weight is 323 g/mol. The van der Waals surface area contributed by atoms with Gasteiger partial charge in [-0.2, -0.15) is 12.7 Å². The van der Waals surface area contributed by atoms with Crippen LogP contribution in [-0.2, 0) is 10.2 Å². The Kier molecular flexibility index (Phi) is 4.85. The van der Waals surface area contributed by atoms with E-state index in [0.29, 0.717) is 13.0 Å². The number of rotatable bonds is 4. The summed E-state index contributed by atoms with van der Waals surface area (Å²) < 4.78 is 41.3. The van der Waals surface area contributed by atoms with Crippen LogP contribution in [0, 0.1) is 11.7 Å². The maximum atomic E-state index is 13.3. The van der Waals surface area contributed by atoms with Crippen LogP contribution in [0.15, 0.2) is 18.2 Å². The molecule has 0 bridgehead atoms. The van der Waals surface area contributed by atoms with Crippen LogP contribution >= 0.6 is 11.6 Å². The Labute approximate surface area is 122 Å². The molecule has 1 atom stereocenters. The van der Waals surface area contributed by atoms with Gasteiger partial charge in [0.25, 0.3) is 0 Å². The maximum Gasteiger partial charge on any atom is 0.301 e. The molecule has 1 heterocycles. The molecule has 1 aliphatic rings. The van der Waals surface area contributed by atoms with Crippen molar-refractivity contribution in [3.63, 3.8) is 0 Å². The van der Waals surface area contributed by atoms with Crippen molar-refractivity contribution in [2.24, 2.45) is 5.92 Å². The minimum Gasteiger partial charge on any atom is -0.396 e. The summed E-state index contributed by atoms with van der Waals surface area (Å²) in [5, 5.41) is 9.06. The molecule has 1 aromatic rings. The number of hydrogen-bond donors (Lipinski definition) is 2. The highest BCUT2D eigenvalue weighted by Crippen LogP contribution is 2.23. The van der Waals surface area contributed by atoms with Crippen LogP contribution in [0.5, 0.6) is 0 Å². The van der Waals surface area contributed by atoms with E-state index in [1.807, 2.05) is 0 Å². The van der Waals surface area contributed by atoms with Crippen LogP contribution in [0.25, 0.3) is 0 Å². The quantitative estimate of drug-likeness (QED) is 0.888. The van der Waals surface area contributed by atoms with Gasteiger partial charge in [0.15, 0.2) is 0 Å². The molecular weight excluding hydrogens is 307 g/mol. The minimum absolute atomic E-state index is 0.0401. The second-order valence-corrected chi connectivity index (χ2v) is 6.86. The first-order valence-electron chi connectivity index (χ1n) is 6.26. The lowest BCUT2D eigenvalue weighted by atomic mass is 10.0. The molecule has 8 heteroatoms.